The predicted molar refractivity (Wildman–Crippen MR) is 76.0 cm³/mol. The second-order valence-electron chi connectivity index (χ2n) is 4.99. The van der Waals surface area contributed by atoms with E-state index in [-0.39, 0.29) is 21.8 Å². The second kappa shape index (κ2) is 5.93. The second-order valence-corrected chi connectivity index (χ2v) is 6.71. The molecular formula is C13H15F3N4O2S. The average molecular weight is 348 g/mol. The summed E-state index contributed by atoms with van der Waals surface area (Å²) in [5.74, 6) is 0. The third-order valence-corrected chi connectivity index (χ3v) is 4.81. The van der Waals surface area contributed by atoms with Crippen molar-refractivity contribution in [3.63, 3.8) is 0 Å². The van der Waals surface area contributed by atoms with E-state index in [4.69, 9.17) is 0 Å². The Labute approximate surface area is 131 Å². The molecule has 126 valence electrons. The van der Waals surface area contributed by atoms with E-state index < -0.39 is 22.2 Å². The number of hydrogen-bond acceptors (Lipinski definition) is 4. The van der Waals surface area contributed by atoms with E-state index >= 15 is 0 Å². The molecule has 1 N–H and O–H groups in total. The van der Waals surface area contributed by atoms with Crippen LogP contribution >= 0.6 is 0 Å². The van der Waals surface area contributed by atoms with Gasteiger partial charge in [0.05, 0.1) is 5.69 Å². The third kappa shape index (κ3) is 3.53. The standard InChI is InChI=1S/C13H15F3N4O2S/c1-8-11(9(2)20(3)18-8)12(13(14,15)16)19-23(21,22)10-5-4-6-17-7-10/h4-7,12,19H,1-3H3/t12-/m1/s1. The van der Waals surface area contributed by atoms with Gasteiger partial charge in [-0.1, -0.05) is 0 Å². The van der Waals surface area contributed by atoms with Crippen molar-refractivity contribution in [1.82, 2.24) is 19.5 Å². The van der Waals surface area contributed by atoms with Gasteiger partial charge in [-0.05, 0) is 26.0 Å². The van der Waals surface area contributed by atoms with Gasteiger partial charge in [-0.25, -0.2) is 8.42 Å². The highest BCUT2D eigenvalue weighted by Crippen LogP contribution is 2.36. The number of rotatable bonds is 4. The summed E-state index contributed by atoms with van der Waals surface area (Å²) in [4.78, 5) is 3.28. The third-order valence-electron chi connectivity index (χ3n) is 3.40. The minimum atomic E-state index is -4.81. The smallest absolute Gasteiger partial charge is 0.272 e. The van der Waals surface area contributed by atoms with Crippen molar-refractivity contribution in [2.24, 2.45) is 7.05 Å². The molecule has 6 nitrogen and oxygen atoms in total. The lowest BCUT2D eigenvalue weighted by Gasteiger charge is -2.22. The molecule has 0 amide bonds. The number of nitrogens with one attached hydrogen (secondary N) is 1. The first-order chi connectivity index (χ1) is 10.5. The van der Waals surface area contributed by atoms with Crippen LogP contribution in [0.1, 0.15) is 23.0 Å². The highest BCUT2D eigenvalue weighted by atomic mass is 32.2. The molecule has 0 aliphatic rings. The van der Waals surface area contributed by atoms with Crippen LogP contribution in [0.5, 0.6) is 0 Å². The first-order valence-corrected chi connectivity index (χ1v) is 8.01. The fourth-order valence-electron chi connectivity index (χ4n) is 2.23. The van der Waals surface area contributed by atoms with Gasteiger partial charge in [0.2, 0.25) is 10.0 Å². The molecule has 2 aromatic rings. The van der Waals surface area contributed by atoms with Gasteiger partial charge < -0.3 is 0 Å². The molecule has 2 aromatic heterocycles. The quantitative estimate of drug-likeness (QED) is 0.917. The summed E-state index contributed by atoms with van der Waals surface area (Å²) in [7, 11) is -2.89. The van der Waals surface area contributed by atoms with Gasteiger partial charge in [-0.2, -0.15) is 23.0 Å². The van der Waals surface area contributed by atoms with Crippen molar-refractivity contribution in [2.45, 2.75) is 31.0 Å². The Balaban J connectivity index is 2.50. The van der Waals surface area contributed by atoms with Crippen LogP contribution in [0.2, 0.25) is 0 Å². The van der Waals surface area contributed by atoms with Gasteiger partial charge >= 0.3 is 6.18 Å². The lowest BCUT2D eigenvalue weighted by Crippen LogP contribution is -2.38. The molecule has 0 aliphatic heterocycles. The lowest BCUT2D eigenvalue weighted by atomic mass is 10.1. The molecular weight excluding hydrogens is 333 g/mol. The monoisotopic (exact) mass is 348 g/mol. The topological polar surface area (TPSA) is 76.9 Å². The maximum Gasteiger partial charge on any atom is 0.409 e. The van der Waals surface area contributed by atoms with Crippen LogP contribution in [-0.4, -0.2) is 29.4 Å². The maximum atomic E-state index is 13.4. The molecule has 0 saturated heterocycles. The van der Waals surface area contributed by atoms with E-state index in [9.17, 15) is 21.6 Å². The molecule has 10 heteroatoms. The van der Waals surface area contributed by atoms with E-state index in [1.807, 2.05) is 0 Å². The zero-order chi connectivity index (χ0) is 17.4. The SMILES string of the molecule is Cc1nn(C)c(C)c1[C@@H](NS(=O)(=O)c1cccnc1)C(F)(F)F. The summed E-state index contributed by atoms with van der Waals surface area (Å²) >= 11 is 0. The number of sulfonamides is 1. The van der Waals surface area contributed by atoms with Crippen LogP contribution in [0.15, 0.2) is 29.4 Å². The number of aryl methyl sites for hydroxylation is 2. The summed E-state index contributed by atoms with van der Waals surface area (Å²) in [5, 5.41) is 3.92. The highest BCUT2D eigenvalue weighted by Gasteiger charge is 2.46. The molecule has 0 radical (unpaired) electrons. The van der Waals surface area contributed by atoms with E-state index in [0.29, 0.717) is 0 Å². The van der Waals surface area contributed by atoms with Gasteiger partial charge in [-0.3, -0.25) is 9.67 Å². The Kier molecular flexibility index (Phi) is 4.49. The number of halogens is 3. The van der Waals surface area contributed by atoms with Crippen molar-refractivity contribution in [2.75, 3.05) is 0 Å². The maximum absolute atomic E-state index is 13.4. The van der Waals surface area contributed by atoms with Crippen LogP contribution in [0, 0.1) is 13.8 Å². The highest BCUT2D eigenvalue weighted by molar-refractivity contribution is 7.89. The fraction of sp³-hybridized carbons (Fsp3) is 0.385. The van der Waals surface area contributed by atoms with Crippen LogP contribution in [0.4, 0.5) is 13.2 Å². The molecule has 2 heterocycles. The van der Waals surface area contributed by atoms with Gasteiger partial charge in [-0.15, -0.1) is 0 Å². The summed E-state index contributed by atoms with van der Waals surface area (Å²) in [6.07, 6.45) is -2.50. The minimum Gasteiger partial charge on any atom is -0.272 e. The largest absolute Gasteiger partial charge is 0.409 e. The van der Waals surface area contributed by atoms with Crippen molar-refractivity contribution in [1.29, 1.82) is 0 Å². The lowest BCUT2D eigenvalue weighted by molar-refractivity contribution is -0.153. The Morgan fingerprint density at radius 3 is 2.39 bits per heavy atom. The Hall–Kier alpha value is -1.94. The molecule has 2 rings (SSSR count). The summed E-state index contributed by atoms with van der Waals surface area (Å²) in [6.45, 7) is 2.85. The number of pyridine rings is 1. The zero-order valence-electron chi connectivity index (χ0n) is 12.6. The van der Waals surface area contributed by atoms with Gasteiger partial charge in [0.15, 0.2) is 0 Å². The molecule has 0 saturated carbocycles. The summed E-state index contributed by atoms with van der Waals surface area (Å²) in [6, 6.07) is 0.116. The van der Waals surface area contributed by atoms with Crippen LogP contribution in [0.3, 0.4) is 0 Å². The predicted octanol–water partition coefficient (Wildman–Crippen LogP) is 2.01. The molecule has 0 unspecified atom stereocenters. The molecule has 0 spiro atoms. The summed E-state index contributed by atoms with van der Waals surface area (Å²) in [5.41, 5.74) is 0.146. The van der Waals surface area contributed by atoms with Crippen molar-refractivity contribution in [3.05, 3.63) is 41.5 Å². The van der Waals surface area contributed by atoms with Crippen LogP contribution in [0.25, 0.3) is 0 Å². The zero-order valence-corrected chi connectivity index (χ0v) is 13.4. The normalized spacial score (nSPS) is 14.0. The first kappa shape index (κ1) is 17.4. The van der Waals surface area contributed by atoms with E-state index in [0.717, 1.165) is 6.20 Å². The Morgan fingerprint density at radius 2 is 1.96 bits per heavy atom. The van der Waals surface area contributed by atoms with Crippen LogP contribution in [-0.2, 0) is 17.1 Å². The number of alkyl halides is 3. The van der Waals surface area contributed by atoms with E-state index in [1.165, 1.54) is 43.9 Å². The Bertz CT molecular complexity index is 801. The molecule has 0 fully saturated rings. The number of aromatic nitrogens is 3. The molecule has 0 aliphatic carbocycles. The van der Waals surface area contributed by atoms with Crippen molar-refractivity contribution >= 4 is 10.0 Å². The molecule has 0 bridgehead atoms. The van der Waals surface area contributed by atoms with Crippen LogP contribution < -0.4 is 4.72 Å². The van der Waals surface area contributed by atoms with Gasteiger partial charge in [0, 0.05) is 30.7 Å². The van der Waals surface area contributed by atoms with Gasteiger partial charge in [0.25, 0.3) is 0 Å². The molecule has 0 aromatic carbocycles. The first-order valence-electron chi connectivity index (χ1n) is 6.53. The number of hydrogen-bond donors (Lipinski definition) is 1. The van der Waals surface area contributed by atoms with Gasteiger partial charge in [0.1, 0.15) is 10.9 Å². The Morgan fingerprint density at radius 1 is 1.30 bits per heavy atom. The summed E-state index contributed by atoms with van der Waals surface area (Å²) < 4.78 is 67.7. The van der Waals surface area contributed by atoms with E-state index in [2.05, 4.69) is 10.1 Å². The molecule has 23 heavy (non-hydrogen) atoms. The van der Waals surface area contributed by atoms with E-state index in [1.54, 1.807) is 4.72 Å². The minimum absolute atomic E-state index is 0.112. The number of nitrogens with zero attached hydrogens (tertiary/aromatic N) is 3. The average Bonchev–Trinajstić information content (AvgIpc) is 2.70. The van der Waals surface area contributed by atoms with Crippen molar-refractivity contribution < 1.29 is 21.6 Å². The van der Waals surface area contributed by atoms with Crippen molar-refractivity contribution in [3.8, 4) is 0 Å². The fourth-order valence-corrected chi connectivity index (χ4v) is 3.38. The molecule has 1 atom stereocenters.